The summed E-state index contributed by atoms with van der Waals surface area (Å²) < 4.78 is 0. The van der Waals surface area contributed by atoms with Crippen LogP contribution in [0.1, 0.15) is 57.1 Å². The van der Waals surface area contributed by atoms with E-state index in [1.54, 1.807) is 0 Å². The summed E-state index contributed by atoms with van der Waals surface area (Å²) in [5.74, 6) is 0.891. The minimum Gasteiger partial charge on any atom is -0.310 e. The van der Waals surface area contributed by atoms with Crippen molar-refractivity contribution in [1.82, 2.24) is 5.32 Å². The van der Waals surface area contributed by atoms with E-state index < -0.39 is 0 Å². The molecular formula is C16H24ClN. The van der Waals surface area contributed by atoms with Crippen LogP contribution in [0.25, 0.3) is 0 Å². The molecule has 0 bridgehead atoms. The summed E-state index contributed by atoms with van der Waals surface area (Å²) in [6.45, 7) is 3.20. The van der Waals surface area contributed by atoms with Crippen molar-refractivity contribution < 1.29 is 0 Å². The topological polar surface area (TPSA) is 12.0 Å². The largest absolute Gasteiger partial charge is 0.310 e. The Morgan fingerprint density at radius 1 is 1.28 bits per heavy atom. The molecule has 1 fully saturated rings. The number of rotatable bonds is 5. The lowest BCUT2D eigenvalue weighted by molar-refractivity contribution is 0.301. The van der Waals surface area contributed by atoms with Crippen molar-refractivity contribution >= 4 is 11.6 Å². The highest BCUT2D eigenvalue weighted by molar-refractivity contribution is 6.30. The van der Waals surface area contributed by atoms with Crippen molar-refractivity contribution in [2.75, 3.05) is 6.54 Å². The third-order valence-electron chi connectivity index (χ3n) is 4.00. The first-order valence-electron chi connectivity index (χ1n) is 7.28. The highest BCUT2D eigenvalue weighted by Crippen LogP contribution is 2.32. The van der Waals surface area contributed by atoms with Crippen LogP contribution >= 0.6 is 11.6 Å². The van der Waals surface area contributed by atoms with Gasteiger partial charge in [-0.15, -0.1) is 0 Å². The van der Waals surface area contributed by atoms with E-state index in [0.717, 1.165) is 17.5 Å². The molecule has 0 saturated heterocycles. The Bertz CT molecular complexity index is 358. The van der Waals surface area contributed by atoms with E-state index in [-0.39, 0.29) is 0 Å². The van der Waals surface area contributed by atoms with Crippen LogP contribution in [-0.2, 0) is 0 Å². The molecule has 2 heteroatoms. The average molecular weight is 266 g/mol. The van der Waals surface area contributed by atoms with Crippen LogP contribution in [0.4, 0.5) is 0 Å². The van der Waals surface area contributed by atoms with Gasteiger partial charge in [-0.05, 0) is 36.6 Å². The summed E-state index contributed by atoms with van der Waals surface area (Å²) in [4.78, 5) is 0. The van der Waals surface area contributed by atoms with Crippen LogP contribution in [0.2, 0.25) is 5.02 Å². The van der Waals surface area contributed by atoms with Gasteiger partial charge in [0.2, 0.25) is 0 Å². The normalized spacial score (nSPS) is 18.8. The molecule has 1 N–H and O–H groups in total. The van der Waals surface area contributed by atoms with Gasteiger partial charge in [0.05, 0.1) is 0 Å². The maximum atomic E-state index is 6.10. The maximum absolute atomic E-state index is 6.10. The molecule has 0 heterocycles. The van der Waals surface area contributed by atoms with E-state index in [4.69, 9.17) is 11.6 Å². The molecule has 1 atom stereocenters. The van der Waals surface area contributed by atoms with Crippen LogP contribution in [0.5, 0.6) is 0 Å². The first-order valence-corrected chi connectivity index (χ1v) is 7.66. The Kier molecular flexibility index (Phi) is 5.52. The predicted molar refractivity (Wildman–Crippen MR) is 79.1 cm³/mol. The van der Waals surface area contributed by atoms with Crippen LogP contribution < -0.4 is 5.32 Å². The summed E-state index contributed by atoms with van der Waals surface area (Å²) in [6.07, 6.45) is 8.33. The summed E-state index contributed by atoms with van der Waals surface area (Å²) in [6, 6.07) is 8.79. The predicted octanol–water partition coefficient (Wildman–Crippen LogP) is 4.96. The van der Waals surface area contributed by atoms with Gasteiger partial charge in [0.15, 0.2) is 0 Å². The fraction of sp³-hybridized carbons (Fsp3) is 0.625. The fourth-order valence-electron chi connectivity index (χ4n) is 3.06. The van der Waals surface area contributed by atoms with Crippen LogP contribution in [0.3, 0.4) is 0 Å². The molecule has 0 radical (unpaired) electrons. The van der Waals surface area contributed by atoms with Gasteiger partial charge in [-0.25, -0.2) is 0 Å². The first-order chi connectivity index (χ1) is 8.79. The van der Waals surface area contributed by atoms with Crippen molar-refractivity contribution in [2.24, 2.45) is 5.92 Å². The zero-order chi connectivity index (χ0) is 12.8. The number of hydrogen-bond donors (Lipinski definition) is 1. The van der Waals surface area contributed by atoms with Gasteiger partial charge in [0.1, 0.15) is 0 Å². The maximum Gasteiger partial charge on any atom is 0.0409 e. The zero-order valence-electron chi connectivity index (χ0n) is 11.3. The van der Waals surface area contributed by atoms with E-state index in [1.807, 2.05) is 6.07 Å². The second kappa shape index (κ2) is 7.16. The molecule has 1 aromatic carbocycles. The number of benzene rings is 1. The Hall–Kier alpha value is -0.530. The van der Waals surface area contributed by atoms with E-state index in [1.165, 1.54) is 44.1 Å². The summed E-state index contributed by atoms with van der Waals surface area (Å²) in [7, 11) is 0. The average Bonchev–Trinajstić information content (AvgIpc) is 2.39. The van der Waals surface area contributed by atoms with E-state index in [9.17, 15) is 0 Å². The molecule has 2 rings (SSSR count). The van der Waals surface area contributed by atoms with Gasteiger partial charge in [0.25, 0.3) is 0 Å². The quantitative estimate of drug-likeness (QED) is 0.793. The lowest BCUT2D eigenvalue weighted by atomic mass is 9.83. The highest BCUT2D eigenvalue weighted by atomic mass is 35.5. The SMILES string of the molecule is CCNC(CC1CCCCC1)c1cccc(Cl)c1. The van der Waals surface area contributed by atoms with Crippen LogP contribution in [0, 0.1) is 5.92 Å². The highest BCUT2D eigenvalue weighted by Gasteiger charge is 2.19. The molecule has 1 aromatic rings. The summed E-state index contributed by atoms with van der Waals surface area (Å²) in [5, 5.41) is 4.46. The van der Waals surface area contributed by atoms with E-state index in [0.29, 0.717) is 6.04 Å². The third-order valence-corrected chi connectivity index (χ3v) is 4.23. The molecule has 0 amide bonds. The van der Waals surface area contributed by atoms with Crippen LogP contribution in [-0.4, -0.2) is 6.54 Å². The van der Waals surface area contributed by atoms with Gasteiger partial charge in [-0.3, -0.25) is 0 Å². The molecule has 0 aromatic heterocycles. The standard InChI is InChI=1S/C16H24ClN/c1-2-18-16(11-13-7-4-3-5-8-13)14-9-6-10-15(17)12-14/h6,9-10,12-13,16,18H,2-5,7-8,11H2,1H3. The molecule has 1 saturated carbocycles. The van der Waals surface area contributed by atoms with Crippen molar-refractivity contribution in [1.29, 1.82) is 0 Å². The smallest absolute Gasteiger partial charge is 0.0409 e. The zero-order valence-corrected chi connectivity index (χ0v) is 12.0. The number of nitrogens with one attached hydrogen (secondary N) is 1. The second-order valence-electron chi connectivity index (χ2n) is 5.41. The minimum atomic E-state index is 0.469. The lowest BCUT2D eigenvalue weighted by Gasteiger charge is -2.27. The van der Waals surface area contributed by atoms with Gasteiger partial charge >= 0.3 is 0 Å². The Balaban J connectivity index is 2.02. The van der Waals surface area contributed by atoms with Gasteiger partial charge in [-0.2, -0.15) is 0 Å². The monoisotopic (exact) mass is 265 g/mol. The molecule has 0 spiro atoms. The number of halogens is 1. The van der Waals surface area contributed by atoms with Crippen molar-refractivity contribution in [3.8, 4) is 0 Å². The van der Waals surface area contributed by atoms with Gasteiger partial charge < -0.3 is 5.32 Å². The second-order valence-corrected chi connectivity index (χ2v) is 5.84. The van der Waals surface area contributed by atoms with Crippen LogP contribution in [0.15, 0.2) is 24.3 Å². The Morgan fingerprint density at radius 2 is 2.06 bits per heavy atom. The minimum absolute atomic E-state index is 0.469. The molecule has 1 aliphatic rings. The molecular weight excluding hydrogens is 242 g/mol. The van der Waals surface area contributed by atoms with Crippen molar-refractivity contribution in [3.63, 3.8) is 0 Å². The third kappa shape index (κ3) is 4.00. The van der Waals surface area contributed by atoms with Gasteiger partial charge in [-0.1, -0.05) is 62.8 Å². The molecule has 1 unspecified atom stereocenters. The van der Waals surface area contributed by atoms with Gasteiger partial charge in [0, 0.05) is 11.1 Å². The fourth-order valence-corrected chi connectivity index (χ4v) is 3.26. The summed E-state index contributed by atoms with van der Waals surface area (Å²) in [5.41, 5.74) is 1.34. The molecule has 18 heavy (non-hydrogen) atoms. The Morgan fingerprint density at radius 3 is 2.72 bits per heavy atom. The number of hydrogen-bond acceptors (Lipinski definition) is 1. The van der Waals surface area contributed by atoms with E-state index >= 15 is 0 Å². The molecule has 1 nitrogen and oxygen atoms in total. The van der Waals surface area contributed by atoms with Crippen molar-refractivity contribution in [2.45, 2.75) is 51.5 Å². The van der Waals surface area contributed by atoms with E-state index in [2.05, 4.69) is 30.4 Å². The van der Waals surface area contributed by atoms with Crippen molar-refractivity contribution in [3.05, 3.63) is 34.9 Å². The molecule has 1 aliphatic carbocycles. The first kappa shape index (κ1) is 13.9. The molecule has 100 valence electrons. The Labute approximate surface area is 116 Å². The molecule has 0 aliphatic heterocycles. The summed E-state index contributed by atoms with van der Waals surface area (Å²) >= 11 is 6.10. The lowest BCUT2D eigenvalue weighted by Crippen LogP contribution is -2.24.